The molecule has 1 aromatic heterocycles. The van der Waals surface area contributed by atoms with Crippen LogP contribution in [-0.4, -0.2) is 39.5 Å². The number of carbonyl (C=O) groups excluding carboxylic acids is 1. The Morgan fingerprint density at radius 1 is 1.32 bits per heavy atom. The van der Waals surface area contributed by atoms with Crippen LogP contribution in [0.5, 0.6) is 0 Å². The SMILES string of the molecule is CCN1N=C(N)CC1C1=CC2CC(c3nn(C)c(N)c3C=O)CC2C1. The Morgan fingerprint density at radius 3 is 2.80 bits per heavy atom. The van der Waals surface area contributed by atoms with E-state index in [0.29, 0.717) is 35.2 Å². The molecule has 1 aromatic rings. The number of aryl methyl sites for hydroxylation is 1. The lowest BCUT2D eigenvalue weighted by atomic mass is 9.94. The van der Waals surface area contributed by atoms with Crippen molar-refractivity contribution in [2.45, 2.75) is 44.6 Å². The lowest BCUT2D eigenvalue weighted by Crippen LogP contribution is -2.28. The zero-order valence-corrected chi connectivity index (χ0v) is 14.9. The third-order valence-electron chi connectivity index (χ3n) is 6.11. The van der Waals surface area contributed by atoms with E-state index in [2.05, 4.69) is 28.2 Å². The van der Waals surface area contributed by atoms with E-state index in [1.165, 1.54) is 5.57 Å². The first kappa shape index (κ1) is 16.2. The van der Waals surface area contributed by atoms with Crippen molar-refractivity contribution in [3.63, 3.8) is 0 Å². The minimum Gasteiger partial charge on any atom is -0.386 e. The number of anilines is 1. The fraction of sp³-hybridized carbons (Fsp3) is 0.611. The maximum atomic E-state index is 11.4. The van der Waals surface area contributed by atoms with Gasteiger partial charge in [-0.25, -0.2) is 0 Å². The summed E-state index contributed by atoms with van der Waals surface area (Å²) in [5, 5.41) is 11.1. The van der Waals surface area contributed by atoms with Crippen LogP contribution in [0.4, 0.5) is 5.82 Å². The first-order valence-electron chi connectivity index (χ1n) is 9.09. The number of hydrogen-bond acceptors (Lipinski definition) is 6. The molecule has 7 heteroatoms. The van der Waals surface area contributed by atoms with E-state index in [0.717, 1.165) is 50.0 Å². The number of aromatic nitrogens is 2. The largest absolute Gasteiger partial charge is 0.386 e. The van der Waals surface area contributed by atoms with Gasteiger partial charge in [0.25, 0.3) is 0 Å². The van der Waals surface area contributed by atoms with Crippen LogP contribution < -0.4 is 11.5 Å². The summed E-state index contributed by atoms with van der Waals surface area (Å²) in [5.41, 5.74) is 14.9. The Balaban J connectivity index is 1.51. The van der Waals surface area contributed by atoms with Gasteiger partial charge in [-0.3, -0.25) is 14.5 Å². The number of likely N-dealkylation sites (N-methyl/N-ethyl adjacent to an activating group) is 1. The number of rotatable bonds is 4. The van der Waals surface area contributed by atoms with Gasteiger partial charge in [0, 0.05) is 25.9 Å². The highest BCUT2D eigenvalue weighted by atomic mass is 16.1. The molecule has 0 saturated heterocycles. The average molecular weight is 342 g/mol. The van der Waals surface area contributed by atoms with Gasteiger partial charge in [-0.1, -0.05) is 6.08 Å². The zero-order valence-electron chi connectivity index (χ0n) is 14.9. The molecule has 4 N–H and O–H groups in total. The number of amidine groups is 1. The van der Waals surface area contributed by atoms with Crippen LogP contribution in [0.15, 0.2) is 16.8 Å². The molecule has 7 nitrogen and oxygen atoms in total. The van der Waals surface area contributed by atoms with Crippen LogP contribution >= 0.6 is 0 Å². The van der Waals surface area contributed by atoms with E-state index in [1.54, 1.807) is 11.7 Å². The molecule has 1 saturated carbocycles. The number of fused-ring (bicyclic) bond motifs is 1. The number of aldehydes is 1. The molecule has 2 aliphatic carbocycles. The van der Waals surface area contributed by atoms with Crippen molar-refractivity contribution >= 4 is 17.9 Å². The Kier molecular flexibility index (Phi) is 3.81. The van der Waals surface area contributed by atoms with Crippen molar-refractivity contribution in [3.05, 3.63) is 22.9 Å². The smallest absolute Gasteiger partial charge is 0.155 e. The number of hydrogen-bond donors (Lipinski definition) is 2. The van der Waals surface area contributed by atoms with Gasteiger partial charge >= 0.3 is 0 Å². The molecule has 2 heterocycles. The van der Waals surface area contributed by atoms with Crippen LogP contribution in [0.25, 0.3) is 0 Å². The summed E-state index contributed by atoms with van der Waals surface area (Å²) in [7, 11) is 1.80. The van der Waals surface area contributed by atoms with Gasteiger partial charge in [0.1, 0.15) is 11.7 Å². The molecule has 0 amide bonds. The van der Waals surface area contributed by atoms with Gasteiger partial charge in [-0.05, 0) is 43.6 Å². The van der Waals surface area contributed by atoms with E-state index in [1.807, 2.05) is 0 Å². The second-order valence-corrected chi connectivity index (χ2v) is 7.53. The lowest BCUT2D eigenvalue weighted by Gasteiger charge is -2.23. The molecule has 0 spiro atoms. The predicted octanol–water partition coefficient (Wildman–Crippen LogP) is 1.62. The highest BCUT2D eigenvalue weighted by molar-refractivity contribution is 5.84. The Morgan fingerprint density at radius 2 is 2.12 bits per heavy atom. The summed E-state index contributed by atoms with van der Waals surface area (Å²) >= 11 is 0. The molecule has 25 heavy (non-hydrogen) atoms. The van der Waals surface area contributed by atoms with E-state index in [-0.39, 0.29) is 0 Å². The van der Waals surface area contributed by atoms with Crippen LogP contribution in [0.1, 0.15) is 54.6 Å². The topological polar surface area (TPSA) is 103 Å². The summed E-state index contributed by atoms with van der Waals surface area (Å²) < 4.78 is 1.62. The van der Waals surface area contributed by atoms with E-state index >= 15 is 0 Å². The first-order chi connectivity index (χ1) is 12.0. The van der Waals surface area contributed by atoms with Gasteiger partial charge in [0.15, 0.2) is 6.29 Å². The van der Waals surface area contributed by atoms with Crippen molar-refractivity contribution in [3.8, 4) is 0 Å². The number of nitrogen functional groups attached to an aromatic ring is 1. The number of carbonyl (C=O) groups is 1. The molecule has 4 unspecified atom stereocenters. The monoisotopic (exact) mass is 342 g/mol. The number of allylic oxidation sites excluding steroid dienone is 1. The summed E-state index contributed by atoms with van der Waals surface area (Å²) in [6, 6.07) is 0.338. The summed E-state index contributed by atoms with van der Waals surface area (Å²) in [6.45, 7) is 3.00. The second-order valence-electron chi connectivity index (χ2n) is 7.53. The van der Waals surface area contributed by atoms with Crippen molar-refractivity contribution in [2.24, 2.45) is 29.7 Å². The maximum Gasteiger partial charge on any atom is 0.155 e. The Labute approximate surface area is 147 Å². The molecule has 0 bridgehead atoms. The maximum absolute atomic E-state index is 11.4. The number of hydrazone groups is 1. The third kappa shape index (κ3) is 2.53. The highest BCUT2D eigenvalue weighted by Crippen LogP contribution is 2.51. The highest BCUT2D eigenvalue weighted by Gasteiger charge is 2.42. The third-order valence-corrected chi connectivity index (χ3v) is 6.11. The fourth-order valence-electron chi connectivity index (χ4n) is 4.90. The molecular weight excluding hydrogens is 316 g/mol. The minimum atomic E-state index is 0.323. The zero-order chi connectivity index (χ0) is 17.7. The molecule has 4 rings (SSSR count). The number of nitrogens with two attached hydrogens (primary N) is 2. The van der Waals surface area contributed by atoms with Gasteiger partial charge in [-0.15, -0.1) is 0 Å². The van der Waals surface area contributed by atoms with Crippen LogP contribution in [0.3, 0.4) is 0 Å². The summed E-state index contributed by atoms with van der Waals surface area (Å²) in [4.78, 5) is 11.4. The van der Waals surface area contributed by atoms with E-state index < -0.39 is 0 Å². The average Bonchev–Trinajstić information content (AvgIpc) is 3.29. The second kappa shape index (κ2) is 5.89. The van der Waals surface area contributed by atoms with Gasteiger partial charge in [-0.2, -0.15) is 10.2 Å². The lowest BCUT2D eigenvalue weighted by molar-refractivity contribution is 0.112. The van der Waals surface area contributed by atoms with Crippen molar-refractivity contribution in [2.75, 3.05) is 12.3 Å². The van der Waals surface area contributed by atoms with Gasteiger partial charge < -0.3 is 11.5 Å². The summed E-state index contributed by atoms with van der Waals surface area (Å²) in [5.74, 6) is 2.72. The molecule has 1 aliphatic heterocycles. The Hall–Kier alpha value is -2.31. The number of nitrogens with zero attached hydrogens (tertiary/aromatic N) is 4. The summed E-state index contributed by atoms with van der Waals surface area (Å²) in [6.07, 6.45) is 7.35. The molecule has 4 atom stereocenters. The van der Waals surface area contributed by atoms with Crippen molar-refractivity contribution in [1.82, 2.24) is 14.8 Å². The first-order valence-corrected chi connectivity index (χ1v) is 9.09. The molecule has 0 aromatic carbocycles. The predicted molar refractivity (Wildman–Crippen MR) is 97.1 cm³/mol. The molecule has 3 aliphatic rings. The van der Waals surface area contributed by atoms with Crippen molar-refractivity contribution in [1.29, 1.82) is 0 Å². The van der Waals surface area contributed by atoms with Gasteiger partial charge in [0.05, 0.1) is 17.3 Å². The quantitative estimate of drug-likeness (QED) is 0.639. The molecule has 0 radical (unpaired) electrons. The van der Waals surface area contributed by atoms with Crippen LogP contribution in [-0.2, 0) is 7.05 Å². The Bertz CT molecular complexity index is 764. The van der Waals surface area contributed by atoms with Crippen molar-refractivity contribution < 1.29 is 4.79 Å². The minimum absolute atomic E-state index is 0.323. The van der Waals surface area contributed by atoms with Crippen LogP contribution in [0.2, 0.25) is 0 Å². The molecule has 134 valence electrons. The van der Waals surface area contributed by atoms with Crippen LogP contribution in [0, 0.1) is 11.8 Å². The standard InChI is InChI=1S/C18H26N6O/c1-3-24-15(8-16(19)21-24)12-4-10-6-13(7-11(10)5-12)17-14(9-25)18(20)23(2)22-17/h4,9-11,13,15H,3,5-8,20H2,1-2H3,(H2,19,21). The van der Waals surface area contributed by atoms with E-state index in [9.17, 15) is 4.79 Å². The molecule has 1 fully saturated rings. The normalized spacial score (nSPS) is 31.2. The fourth-order valence-corrected chi connectivity index (χ4v) is 4.90. The molecular formula is C18H26N6O. The van der Waals surface area contributed by atoms with Gasteiger partial charge in [0.2, 0.25) is 0 Å². The van der Waals surface area contributed by atoms with E-state index in [4.69, 9.17) is 11.5 Å².